The first-order valence-electron chi connectivity index (χ1n) is 5.49. The zero-order valence-electron chi connectivity index (χ0n) is 9.64. The maximum atomic E-state index is 12.0. The Morgan fingerprint density at radius 3 is 2.59 bits per heavy atom. The Morgan fingerprint density at radius 2 is 2.06 bits per heavy atom. The molecule has 5 nitrogen and oxygen atoms in total. The van der Waals surface area contributed by atoms with Crippen molar-refractivity contribution in [2.24, 2.45) is 0 Å². The number of nitrogens with one attached hydrogen (secondary N) is 2. The molecule has 0 saturated carbocycles. The summed E-state index contributed by atoms with van der Waals surface area (Å²) in [4.78, 5) is 0.269. The van der Waals surface area contributed by atoms with Crippen molar-refractivity contribution in [3.8, 4) is 5.75 Å². The summed E-state index contributed by atoms with van der Waals surface area (Å²) >= 11 is 0. The standard InChI is InChI=1S/C11H16N2O3S/c1-16-10-2-4-11(5-3-10)17(14,15)13-9-6-7-12-8-9/h2-5,9,12-13H,6-8H2,1H3/t9-/m1/s1. The van der Waals surface area contributed by atoms with Crippen molar-refractivity contribution >= 4 is 10.0 Å². The smallest absolute Gasteiger partial charge is 0.240 e. The van der Waals surface area contributed by atoms with E-state index in [9.17, 15) is 8.42 Å². The molecule has 1 saturated heterocycles. The molecule has 1 aromatic rings. The van der Waals surface area contributed by atoms with Crippen LogP contribution in [0.5, 0.6) is 5.75 Å². The lowest BCUT2D eigenvalue weighted by Gasteiger charge is -2.12. The van der Waals surface area contributed by atoms with Crippen molar-refractivity contribution in [3.05, 3.63) is 24.3 Å². The van der Waals surface area contributed by atoms with Crippen LogP contribution in [0.2, 0.25) is 0 Å². The molecular weight excluding hydrogens is 240 g/mol. The van der Waals surface area contributed by atoms with Crippen LogP contribution in [0, 0.1) is 0 Å². The highest BCUT2D eigenvalue weighted by atomic mass is 32.2. The van der Waals surface area contributed by atoms with Crippen LogP contribution in [0.15, 0.2) is 29.2 Å². The lowest BCUT2D eigenvalue weighted by molar-refractivity contribution is 0.414. The SMILES string of the molecule is COc1ccc(S(=O)(=O)N[C@@H]2CCNC2)cc1. The van der Waals surface area contributed by atoms with E-state index in [-0.39, 0.29) is 10.9 Å². The van der Waals surface area contributed by atoms with Gasteiger partial charge < -0.3 is 10.1 Å². The van der Waals surface area contributed by atoms with Crippen LogP contribution in [0.1, 0.15) is 6.42 Å². The van der Waals surface area contributed by atoms with E-state index in [1.165, 1.54) is 0 Å². The second-order valence-electron chi connectivity index (χ2n) is 3.99. The van der Waals surface area contributed by atoms with Gasteiger partial charge >= 0.3 is 0 Å². The molecular formula is C11H16N2O3S. The Kier molecular flexibility index (Phi) is 3.66. The first-order valence-corrected chi connectivity index (χ1v) is 6.97. The predicted molar refractivity (Wildman–Crippen MR) is 64.6 cm³/mol. The molecule has 0 radical (unpaired) electrons. The Balaban J connectivity index is 2.12. The van der Waals surface area contributed by atoms with Crippen molar-refractivity contribution in [3.63, 3.8) is 0 Å². The summed E-state index contributed by atoms with van der Waals surface area (Å²) < 4.78 is 31.7. The second kappa shape index (κ2) is 5.03. The number of hydrogen-bond donors (Lipinski definition) is 2. The molecule has 0 aromatic heterocycles. The average Bonchev–Trinajstić information content (AvgIpc) is 2.81. The molecule has 1 aromatic carbocycles. The van der Waals surface area contributed by atoms with Crippen LogP contribution in [-0.2, 0) is 10.0 Å². The van der Waals surface area contributed by atoms with Crippen LogP contribution < -0.4 is 14.8 Å². The van der Waals surface area contributed by atoms with Crippen LogP contribution in [0.25, 0.3) is 0 Å². The minimum Gasteiger partial charge on any atom is -0.497 e. The third-order valence-electron chi connectivity index (χ3n) is 2.75. The van der Waals surface area contributed by atoms with E-state index in [0.717, 1.165) is 13.0 Å². The first-order chi connectivity index (χ1) is 8.12. The van der Waals surface area contributed by atoms with Crippen molar-refractivity contribution in [2.45, 2.75) is 17.4 Å². The van der Waals surface area contributed by atoms with Gasteiger partial charge in [0, 0.05) is 12.6 Å². The van der Waals surface area contributed by atoms with Crippen molar-refractivity contribution < 1.29 is 13.2 Å². The Bertz CT molecular complexity index is 464. The van der Waals surface area contributed by atoms with Crippen LogP contribution in [0.4, 0.5) is 0 Å². The van der Waals surface area contributed by atoms with Gasteiger partial charge in [0.05, 0.1) is 12.0 Å². The van der Waals surface area contributed by atoms with Gasteiger partial charge in [-0.05, 0) is 37.2 Å². The monoisotopic (exact) mass is 256 g/mol. The van der Waals surface area contributed by atoms with E-state index in [0.29, 0.717) is 12.3 Å². The summed E-state index contributed by atoms with van der Waals surface area (Å²) in [6, 6.07) is 6.36. The van der Waals surface area contributed by atoms with Gasteiger partial charge in [-0.15, -0.1) is 0 Å². The topological polar surface area (TPSA) is 67.4 Å². The fourth-order valence-electron chi connectivity index (χ4n) is 1.80. The summed E-state index contributed by atoms with van der Waals surface area (Å²) in [6.07, 6.45) is 0.829. The molecule has 2 N–H and O–H groups in total. The third kappa shape index (κ3) is 2.96. The van der Waals surface area contributed by atoms with E-state index >= 15 is 0 Å². The van der Waals surface area contributed by atoms with Gasteiger partial charge in [0.2, 0.25) is 10.0 Å². The van der Waals surface area contributed by atoms with Gasteiger partial charge in [-0.1, -0.05) is 0 Å². The normalized spacial score (nSPS) is 20.4. The summed E-state index contributed by atoms with van der Waals surface area (Å²) in [5.74, 6) is 0.645. The number of benzene rings is 1. The number of hydrogen-bond acceptors (Lipinski definition) is 4. The lowest BCUT2D eigenvalue weighted by Crippen LogP contribution is -2.36. The first kappa shape index (κ1) is 12.3. The molecule has 94 valence electrons. The highest BCUT2D eigenvalue weighted by Gasteiger charge is 2.22. The van der Waals surface area contributed by atoms with Gasteiger partial charge in [-0.2, -0.15) is 0 Å². The Labute approximate surface area is 101 Å². The van der Waals surface area contributed by atoms with Crippen molar-refractivity contribution in [1.29, 1.82) is 0 Å². The fraction of sp³-hybridized carbons (Fsp3) is 0.455. The molecule has 1 atom stereocenters. The molecule has 0 spiro atoms. The minimum absolute atomic E-state index is 0.0119. The van der Waals surface area contributed by atoms with Crippen LogP contribution in [0.3, 0.4) is 0 Å². The third-order valence-corrected chi connectivity index (χ3v) is 4.29. The molecule has 1 heterocycles. The van der Waals surface area contributed by atoms with E-state index in [4.69, 9.17) is 4.74 Å². The van der Waals surface area contributed by atoms with Gasteiger partial charge in [0.1, 0.15) is 5.75 Å². The van der Waals surface area contributed by atoms with E-state index < -0.39 is 10.0 Å². The van der Waals surface area contributed by atoms with Gasteiger partial charge in [0.15, 0.2) is 0 Å². The fourth-order valence-corrected chi connectivity index (χ4v) is 3.07. The number of ether oxygens (including phenoxy) is 1. The molecule has 0 bridgehead atoms. The number of sulfonamides is 1. The maximum absolute atomic E-state index is 12.0. The number of rotatable bonds is 4. The maximum Gasteiger partial charge on any atom is 0.240 e. The highest BCUT2D eigenvalue weighted by molar-refractivity contribution is 7.89. The van der Waals surface area contributed by atoms with E-state index in [2.05, 4.69) is 10.0 Å². The zero-order chi connectivity index (χ0) is 12.3. The average molecular weight is 256 g/mol. The van der Waals surface area contributed by atoms with Crippen LogP contribution in [-0.4, -0.2) is 34.7 Å². The summed E-state index contributed by atoms with van der Waals surface area (Å²) in [6.45, 7) is 1.55. The summed E-state index contributed by atoms with van der Waals surface area (Å²) in [5.41, 5.74) is 0. The highest BCUT2D eigenvalue weighted by Crippen LogP contribution is 2.16. The molecule has 1 fully saturated rings. The van der Waals surface area contributed by atoms with Gasteiger partial charge in [-0.3, -0.25) is 0 Å². The Morgan fingerprint density at radius 1 is 1.35 bits per heavy atom. The molecule has 2 rings (SSSR count). The molecule has 0 aliphatic carbocycles. The molecule has 1 aliphatic rings. The molecule has 0 unspecified atom stereocenters. The van der Waals surface area contributed by atoms with Gasteiger partial charge in [-0.25, -0.2) is 13.1 Å². The largest absolute Gasteiger partial charge is 0.497 e. The Hall–Kier alpha value is -1.11. The quantitative estimate of drug-likeness (QED) is 0.815. The molecule has 1 aliphatic heterocycles. The summed E-state index contributed by atoms with van der Waals surface area (Å²) in [5, 5.41) is 3.12. The zero-order valence-corrected chi connectivity index (χ0v) is 10.5. The number of methoxy groups -OCH3 is 1. The van der Waals surface area contributed by atoms with Crippen molar-refractivity contribution in [1.82, 2.24) is 10.0 Å². The summed E-state index contributed by atoms with van der Waals surface area (Å²) in [7, 11) is -1.87. The second-order valence-corrected chi connectivity index (χ2v) is 5.70. The van der Waals surface area contributed by atoms with Crippen LogP contribution >= 0.6 is 0 Å². The predicted octanol–water partition coefficient (Wildman–Crippen LogP) is 0.335. The minimum atomic E-state index is -3.41. The molecule has 0 amide bonds. The van der Waals surface area contributed by atoms with Crippen molar-refractivity contribution in [2.75, 3.05) is 20.2 Å². The lowest BCUT2D eigenvalue weighted by atomic mass is 10.3. The van der Waals surface area contributed by atoms with Gasteiger partial charge in [0.25, 0.3) is 0 Å². The molecule has 6 heteroatoms. The van der Waals surface area contributed by atoms with E-state index in [1.54, 1.807) is 31.4 Å². The van der Waals surface area contributed by atoms with E-state index in [1.807, 2.05) is 0 Å². The molecule has 17 heavy (non-hydrogen) atoms.